The predicted molar refractivity (Wildman–Crippen MR) is 53.5 cm³/mol. The van der Waals surface area contributed by atoms with E-state index in [9.17, 15) is 4.79 Å². The van der Waals surface area contributed by atoms with Gasteiger partial charge in [-0.05, 0) is 25.1 Å². The third-order valence-corrected chi connectivity index (χ3v) is 1.55. The lowest BCUT2D eigenvalue weighted by atomic mass is 10.2. The highest BCUT2D eigenvalue weighted by molar-refractivity contribution is 5.75. The SMILES string of the molecule is CC(O)Oc1ccccc1/C=C/[C]=O. The van der Waals surface area contributed by atoms with Crippen molar-refractivity contribution in [2.45, 2.75) is 13.2 Å². The zero-order valence-corrected chi connectivity index (χ0v) is 7.81. The van der Waals surface area contributed by atoms with Gasteiger partial charge in [0, 0.05) is 5.56 Å². The smallest absolute Gasteiger partial charge is 0.225 e. The summed E-state index contributed by atoms with van der Waals surface area (Å²) in [5.74, 6) is 0.536. The third kappa shape index (κ3) is 3.03. The molecule has 1 radical (unpaired) electrons. The Bertz CT molecular complexity index is 329. The van der Waals surface area contributed by atoms with Gasteiger partial charge in [-0.2, -0.15) is 0 Å². The first-order valence-electron chi connectivity index (χ1n) is 4.22. The molecule has 0 fully saturated rings. The van der Waals surface area contributed by atoms with Gasteiger partial charge in [0.05, 0.1) is 0 Å². The van der Waals surface area contributed by atoms with Gasteiger partial charge in [-0.3, -0.25) is 4.79 Å². The first-order chi connectivity index (χ1) is 6.74. The monoisotopic (exact) mass is 191 g/mol. The highest BCUT2D eigenvalue weighted by Crippen LogP contribution is 2.19. The van der Waals surface area contributed by atoms with Crippen molar-refractivity contribution in [2.24, 2.45) is 0 Å². The number of ether oxygens (including phenoxy) is 1. The van der Waals surface area contributed by atoms with Crippen molar-refractivity contribution in [3.63, 3.8) is 0 Å². The molecule has 0 heterocycles. The van der Waals surface area contributed by atoms with Gasteiger partial charge in [-0.15, -0.1) is 0 Å². The average Bonchev–Trinajstić information content (AvgIpc) is 2.16. The van der Waals surface area contributed by atoms with Crippen LogP contribution < -0.4 is 4.74 Å². The van der Waals surface area contributed by atoms with Crippen LogP contribution in [0.25, 0.3) is 6.08 Å². The molecule has 0 aromatic heterocycles. The van der Waals surface area contributed by atoms with Crippen LogP contribution in [-0.2, 0) is 4.79 Å². The van der Waals surface area contributed by atoms with Gasteiger partial charge in [-0.1, -0.05) is 18.2 Å². The Balaban J connectivity index is 2.90. The Kier molecular flexibility index (Phi) is 3.88. The summed E-state index contributed by atoms with van der Waals surface area (Å²) in [5.41, 5.74) is 0.733. The lowest BCUT2D eigenvalue weighted by Crippen LogP contribution is -2.10. The molecule has 3 nitrogen and oxygen atoms in total. The second kappa shape index (κ2) is 5.19. The first-order valence-corrected chi connectivity index (χ1v) is 4.22. The number of rotatable bonds is 4. The Labute approximate surface area is 82.6 Å². The average molecular weight is 191 g/mol. The maximum atomic E-state index is 10.0. The third-order valence-electron chi connectivity index (χ3n) is 1.55. The minimum Gasteiger partial charge on any atom is -0.465 e. The van der Waals surface area contributed by atoms with Gasteiger partial charge >= 0.3 is 0 Å². The Hall–Kier alpha value is -1.61. The van der Waals surface area contributed by atoms with Crippen molar-refractivity contribution in [1.29, 1.82) is 0 Å². The molecular weight excluding hydrogens is 180 g/mol. The number of hydrogen-bond donors (Lipinski definition) is 1. The van der Waals surface area contributed by atoms with Crippen LogP contribution in [0, 0.1) is 0 Å². The van der Waals surface area contributed by atoms with E-state index < -0.39 is 6.29 Å². The van der Waals surface area contributed by atoms with Gasteiger partial charge in [-0.25, -0.2) is 0 Å². The second-order valence-electron chi connectivity index (χ2n) is 2.71. The Morgan fingerprint density at radius 3 is 2.86 bits per heavy atom. The predicted octanol–water partition coefficient (Wildman–Crippen LogP) is 1.53. The summed E-state index contributed by atoms with van der Waals surface area (Å²) >= 11 is 0. The molecule has 14 heavy (non-hydrogen) atoms. The number of hydrogen-bond acceptors (Lipinski definition) is 3. The van der Waals surface area contributed by atoms with Gasteiger partial charge in [0.25, 0.3) is 0 Å². The fourth-order valence-corrected chi connectivity index (χ4v) is 1.03. The Morgan fingerprint density at radius 1 is 1.50 bits per heavy atom. The molecule has 1 rings (SSSR count). The molecule has 1 aromatic carbocycles. The van der Waals surface area contributed by atoms with Crippen molar-refractivity contribution in [2.75, 3.05) is 0 Å². The summed E-state index contributed by atoms with van der Waals surface area (Å²) in [4.78, 5) is 10.0. The normalized spacial score (nSPS) is 12.7. The number of carbonyl (C=O) groups excluding carboxylic acids is 1. The molecule has 0 aliphatic rings. The molecular formula is C11H11O3. The molecule has 73 valence electrons. The molecule has 0 saturated heterocycles. The Morgan fingerprint density at radius 2 is 2.21 bits per heavy atom. The molecule has 1 atom stereocenters. The van der Waals surface area contributed by atoms with Crippen LogP contribution in [0.4, 0.5) is 0 Å². The standard InChI is InChI=1S/C11H11O3/c1-9(13)14-11-7-3-2-5-10(11)6-4-8-12/h2-7,9,13H,1H3/b6-4+. The first kappa shape index (κ1) is 10.5. The van der Waals surface area contributed by atoms with Crippen LogP contribution in [0.5, 0.6) is 5.75 Å². The van der Waals surface area contributed by atoms with Crippen molar-refractivity contribution in [3.8, 4) is 5.75 Å². The zero-order valence-electron chi connectivity index (χ0n) is 7.81. The van der Waals surface area contributed by atoms with E-state index >= 15 is 0 Å². The van der Waals surface area contributed by atoms with E-state index in [2.05, 4.69) is 0 Å². The van der Waals surface area contributed by atoms with E-state index in [4.69, 9.17) is 9.84 Å². The van der Waals surface area contributed by atoms with E-state index in [1.54, 1.807) is 30.6 Å². The fourth-order valence-electron chi connectivity index (χ4n) is 1.03. The van der Waals surface area contributed by atoms with Crippen LogP contribution in [0.3, 0.4) is 0 Å². The summed E-state index contributed by atoms with van der Waals surface area (Å²) in [6, 6.07) is 7.11. The summed E-state index contributed by atoms with van der Waals surface area (Å²) in [5, 5.41) is 9.03. The summed E-state index contributed by atoms with van der Waals surface area (Å²) in [7, 11) is 0. The number of benzene rings is 1. The lowest BCUT2D eigenvalue weighted by Gasteiger charge is -2.10. The number of aliphatic hydroxyl groups excluding tert-OH is 1. The fraction of sp³-hybridized carbons (Fsp3) is 0.182. The highest BCUT2D eigenvalue weighted by atomic mass is 16.6. The molecule has 0 aliphatic carbocycles. The molecule has 1 unspecified atom stereocenters. The maximum Gasteiger partial charge on any atom is 0.225 e. The van der Waals surface area contributed by atoms with E-state index in [-0.39, 0.29) is 0 Å². The van der Waals surface area contributed by atoms with Crippen molar-refractivity contribution >= 4 is 12.4 Å². The van der Waals surface area contributed by atoms with E-state index in [0.29, 0.717) is 5.75 Å². The number of aliphatic hydroxyl groups is 1. The number of para-hydroxylation sites is 1. The lowest BCUT2D eigenvalue weighted by molar-refractivity contribution is -0.000451. The van der Waals surface area contributed by atoms with E-state index in [1.165, 1.54) is 13.0 Å². The highest BCUT2D eigenvalue weighted by Gasteiger charge is 2.01. The topological polar surface area (TPSA) is 46.5 Å². The molecule has 0 aliphatic heterocycles. The van der Waals surface area contributed by atoms with Crippen LogP contribution in [-0.4, -0.2) is 17.7 Å². The molecule has 3 heteroatoms. The van der Waals surface area contributed by atoms with Crippen LogP contribution in [0.2, 0.25) is 0 Å². The minimum absolute atomic E-state index is 0.536. The van der Waals surface area contributed by atoms with Gasteiger partial charge < -0.3 is 9.84 Å². The van der Waals surface area contributed by atoms with Crippen molar-refractivity contribution < 1.29 is 14.6 Å². The molecule has 0 bridgehead atoms. The van der Waals surface area contributed by atoms with E-state index in [1.807, 2.05) is 6.07 Å². The molecule has 0 amide bonds. The number of allylic oxidation sites excluding steroid dienone is 1. The summed E-state index contributed by atoms with van der Waals surface area (Å²) in [6.07, 6.45) is 3.61. The van der Waals surface area contributed by atoms with E-state index in [0.717, 1.165) is 5.56 Å². The molecule has 0 saturated carbocycles. The molecule has 0 spiro atoms. The quantitative estimate of drug-likeness (QED) is 0.579. The van der Waals surface area contributed by atoms with Crippen LogP contribution in [0.15, 0.2) is 30.3 Å². The van der Waals surface area contributed by atoms with Crippen LogP contribution >= 0.6 is 0 Å². The maximum absolute atomic E-state index is 10.0. The van der Waals surface area contributed by atoms with Crippen molar-refractivity contribution in [1.82, 2.24) is 0 Å². The zero-order chi connectivity index (χ0) is 10.4. The van der Waals surface area contributed by atoms with Crippen LogP contribution in [0.1, 0.15) is 12.5 Å². The van der Waals surface area contributed by atoms with Gasteiger partial charge in [0.15, 0.2) is 6.29 Å². The second-order valence-corrected chi connectivity index (χ2v) is 2.71. The van der Waals surface area contributed by atoms with Gasteiger partial charge in [0.2, 0.25) is 6.29 Å². The summed E-state index contributed by atoms with van der Waals surface area (Å²) < 4.78 is 5.12. The molecule has 1 aromatic rings. The minimum atomic E-state index is -0.871. The molecule has 1 N–H and O–H groups in total. The summed E-state index contributed by atoms with van der Waals surface area (Å²) in [6.45, 7) is 1.52. The van der Waals surface area contributed by atoms with Gasteiger partial charge in [0.1, 0.15) is 5.75 Å². The largest absolute Gasteiger partial charge is 0.465 e. The van der Waals surface area contributed by atoms with Crippen molar-refractivity contribution in [3.05, 3.63) is 35.9 Å².